The monoisotopic (exact) mass is 332 g/mol. The third-order valence-corrected chi connectivity index (χ3v) is 4.79. The summed E-state index contributed by atoms with van der Waals surface area (Å²) in [5.74, 6) is 1.07. The van der Waals surface area contributed by atoms with Crippen molar-refractivity contribution < 1.29 is 4.42 Å². The van der Waals surface area contributed by atoms with E-state index in [1.807, 2.05) is 12.1 Å². The number of benzene rings is 2. The standard InChI is InChI=1S/C22H24N2O/c1-2-7-19(8-3-1)9-6-12-23-13-15-24(16-14-23)18-21-17-20-10-4-5-11-22(20)25-21/h1-11,17H,12-16,18H2. The van der Waals surface area contributed by atoms with Crippen LogP contribution in [-0.4, -0.2) is 42.5 Å². The predicted octanol–water partition coefficient (Wildman–Crippen LogP) is 4.26. The number of piperazine rings is 1. The molecule has 3 nitrogen and oxygen atoms in total. The molecule has 1 aliphatic heterocycles. The van der Waals surface area contributed by atoms with E-state index in [1.54, 1.807) is 0 Å². The van der Waals surface area contributed by atoms with Crippen molar-refractivity contribution in [2.75, 3.05) is 32.7 Å². The second-order valence-electron chi connectivity index (χ2n) is 6.64. The summed E-state index contributed by atoms with van der Waals surface area (Å²) in [5, 5.41) is 1.20. The van der Waals surface area contributed by atoms with E-state index in [1.165, 1.54) is 10.9 Å². The van der Waals surface area contributed by atoms with Gasteiger partial charge in [0.05, 0.1) is 6.54 Å². The van der Waals surface area contributed by atoms with Crippen LogP contribution in [0.3, 0.4) is 0 Å². The fourth-order valence-electron chi connectivity index (χ4n) is 3.37. The van der Waals surface area contributed by atoms with Crippen molar-refractivity contribution in [1.82, 2.24) is 9.80 Å². The smallest absolute Gasteiger partial charge is 0.134 e. The summed E-state index contributed by atoms with van der Waals surface area (Å²) in [4.78, 5) is 4.99. The van der Waals surface area contributed by atoms with E-state index in [0.29, 0.717) is 0 Å². The highest BCUT2D eigenvalue weighted by molar-refractivity contribution is 5.77. The minimum Gasteiger partial charge on any atom is -0.460 e. The molecule has 1 saturated heterocycles. The molecule has 1 aromatic heterocycles. The number of furan rings is 1. The highest BCUT2D eigenvalue weighted by Gasteiger charge is 2.17. The highest BCUT2D eigenvalue weighted by Crippen LogP contribution is 2.20. The highest BCUT2D eigenvalue weighted by atomic mass is 16.3. The van der Waals surface area contributed by atoms with Crippen LogP contribution in [0.15, 0.2) is 71.2 Å². The van der Waals surface area contributed by atoms with Crippen molar-refractivity contribution in [2.24, 2.45) is 0 Å². The molecule has 0 atom stereocenters. The molecule has 3 aromatic rings. The molecule has 3 heteroatoms. The lowest BCUT2D eigenvalue weighted by molar-refractivity contribution is 0.130. The molecule has 0 unspecified atom stereocenters. The van der Waals surface area contributed by atoms with Gasteiger partial charge < -0.3 is 4.42 Å². The molecule has 4 rings (SSSR count). The minimum atomic E-state index is 0.905. The molecular formula is C22H24N2O. The number of rotatable bonds is 5. The van der Waals surface area contributed by atoms with Crippen LogP contribution in [0, 0.1) is 0 Å². The number of para-hydroxylation sites is 1. The summed E-state index contributed by atoms with van der Waals surface area (Å²) in [6.45, 7) is 6.33. The summed E-state index contributed by atoms with van der Waals surface area (Å²) < 4.78 is 5.95. The maximum absolute atomic E-state index is 5.95. The van der Waals surface area contributed by atoms with Crippen LogP contribution in [-0.2, 0) is 6.54 Å². The Bertz CT molecular complexity index is 796. The van der Waals surface area contributed by atoms with E-state index >= 15 is 0 Å². The Morgan fingerprint density at radius 3 is 2.36 bits per heavy atom. The topological polar surface area (TPSA) is 19.6 Å². The number of hydrogen-bond donors (Lipinski definition) is 0. The van der Waals surface area contributed by atoms with Gasteiger partial charge in [0.15, 0.2) is 0 Å². The van der Waals surface area contributed by atoms with Gasteiger partial charge in [-0.2, -0.15) is 0 Å². The first-order valence-corrected chi connectivity index (χ1v) is 9.00. The third-order valence-electron chi connectivity index (χ3n) is 4.79. The molecule has 0 saturated carbocycles. The quantitative estimate of drug-likeness (QED) is 0.696. The van der Waals surface area contributed by atoms with E-state index < -0.39 is 0 Å². The first-order chi connectivity index (χ1) is 12.4. The van der Waals surface area contributed by atoms with Crippen molar-refractivity contribution in [1.29, 1.82) is 0 Å². The Morgan fingerprint density at radius 2 is 1.56 bits per heavy atom. The van der Waals surface area contributed by atoms with Crippen molar-refractivity contribution in [2.45, 2.75) is 6.54 Å². The van der Waals surface area contributed by atoms with Crippen molar-refractivity contribution in [3.63, 3.8) is 0 Å². The third kappa shape index (κ3) is 4.19. The summed E-state index contributed by atoms with van der Waals surface area (Å²) in [6, 6.07) is 20.9. The van der Waals surface area contributed by atoms with Gasteiger partial charge in [0.2, 0.25) is 0 Å². The Kier molecular flexibility index (Phi) is 4.96. The summed E-state index contributed by atoms with van der Waals surface area (Å²) in [5.41, 5.74) is 2.26. The normalized spacial score (nSPS) is 16.8. The minimum absolute atomic E-state index is 0.905. The van der Waals surface area contributed by atoms with Gasteiger partial charge in [0.1, 0.15) is 11.3 Å². The van der Waals surface area contributed by atoms with Gasteiger partial charge >= 0.3 is 0 Å². The van der Waals surface area contributed by atoms with E-state index in [-0.39, 0.29) is 0 Å². The van der Waals surface area contributed by atoms with Crippen LogP contribution in [0.25, 0.3) is 17.0 Å². The molecule has 25 heavy (non-hydrogen) atoms. The lowest BCUT2D eigenvalue weighted by Gasteiger charge is -2.33. The summed E-state index contributed by atoms with van der Waals surface area (Å²) >= 11 is 0. The van der Waals surface area contributed by atoms with Crippen LogP contribution < -0.4 is 0 Å². The van der Waals surface area contributed by atoms with Crippen LogP contribution in [0.2, 0.25) is 0 Å². The second-order valence-corrected chi connectivity index (χ2v) is 6.64. The SMILES string of the molecule is C(=Cc1ccccc1)CN1CCN(Cc2cc3ccccc3o2)CC1. The van der Waals surface area contributed by atoms with Gasteiger partial charge in [-0.25, -0.2) is 0 Å². The Labute approximate surface area is 149 Å². The molecule has 0 radical (unpaired) electrons. The second kappa shape index (κ2) is 7.68. The van der Waals surface area contributed by atoms with Crippen molar-refractivity contribution >= 4 is 17.0 Å². The van der Waals surface area contributed by atoms with Gasteiger partial charge in [0, 0.05) is 38.1 Å². The maximum atomic E-state index is 5.95. The van der Waals surface area contributed by atoms with E-state index in [0.717, 1.165) is 50.6 Å². The first-order valence-electron chi connectivity index (χ1n) is 9.00. The van der Waals surface area contributed by atoms with E-state index in [9.17, 15) is 0 Å². The maximum Gasteiger partial charge on any atom is 0.134 e. The Morgan fingerprint density at radius 1 is 0.840 bits per heavy atom. The van der Waals surface area contributed by atoms with Gasteiger partial charge in [-0.15, -0.1) is 0 Å². The van der Waals surface area contributed by atoms with Crippen LogP contribution in [0.1, 0.15) is 11.3 Å². The number of fused-ring (bicyclic) bond motifs is 1. The van der Waals surface area contributed by atoms with Crippen molar-refractivity contribution in [3.8, 4) is 0 Å². The molecule has 1 fully saturated rings. The predicted molar refractivity (Wildman–Crippen MR) is 103 cm³/mol. The molecule has 128 valence electrons. The van der Waals surface area contributed by atoms with Gasteiger partial charge in [-0.1, -0.05) is 60.7 Å². The van der Waals surface area contributed by atoms with Crippen molar-refractivity contribution in [3.05, 3.63) is 78.1 Å². The first kappa shape index (κ1) is 16.1. The van der Waals surface area contributed by atoms with Gasteiger partial charge in [-0.3, -0.25) is 9.80 Å². The molecule has 0 aliphatic carbocycles. The number of hydrogen-bond acceptors (Lipinski definition) is 3. The molecule has 2 heterocycles. The van der Waals surface area contributed by atoms with Crippen LogP contribution >= 0.6 is 0 Å². The fraction of sp³-hybridized carbons (Fsp3) is 0.273. The zero-order chi connectivity index (χ0) is 16.9. The van der Waals surface area contributed by atoms with Crippen LogP contribution in [0.4, 0.5) is 0 Å². The average Bonchev–Trinajstić information content (AvgIpc) is 3.06. The fourth-order valence-corrected chi connectivity index (χ4v) is 3.37. The zero-order valence-electron chi connectivity index (χ0n) is 14.5. The van der Waals surface area contributed by atoms with Crippen LogP contribution in [0.5, 0.6) is 0 Å². The molecule has 0 N–H and O–H groups in total. The molecule has 1 aliphatic rings. The molecule has 2 aromatic carbocycles. The van der Waals surface area contributed by atoms with Gasteiger partial charge in [-0.05, 0) is 17.7 Å². The lowest BCUT2D eigenvalue weighted by atomic mass is 10.2. The lowest BCUT2D eigenvalue weighted by Crippen LogP contribution is -2.45. The zero-order valence-corrected chi connectivity index (χ0v) is 14.5. The molecular weight excluding hydrogens is 308 g/mol. The summed E-state index contributed by atoms with van der Waals surface area (Å²) in [6.07, 6.45) is 4.48. The Balaban J connectivity index is 1.26. The average molecular weight is 332 g/mol. The molecule has 0 amide bonds. The van der Waals surface area contributed by atoms with E-state index in [4.69, 9.17) is 4.42 Å². The Hall–Kier alpha value is -2.36. The molecule has 0 spiro atoms. The van der Waals surface area contributed by atoms with Gasteiger partial charge in [0.25, 0.3) is 0 Å². The number of nitrogens with zero attached hydrogens (tertiary/aromatic N) is 2. The molecule has 0 bridgehead atoms. The van der Waals surface area contributed by atoms with E-state index in [2.05, 4.69) is 70.5 Å². The largest absolute Gasteiger partial charge is 0.460 e. The summed E-state index contributed by atoms with van der Waals surface area (Å²) in [7, 11) is 0.